The van der Waals surface area contributed by atoms with Gasteiger partial charge in [-0.25, -0.2) is 0 Å². The maximum Gasteiger partial charge on any atom is 0.312 e. The zero-order chi connectivity index (χ0) is 20.9. The molecule has 0 heterocycles. The van der Waals surface area contributed by atoms with E-state index in [1.807, 2.05) is 100 Å². The molecule has 0 aliphatic heterocycles. The summed E-state index contributed by atoms with van der Waals surface area (Å²) in [5.41, 5.74) is 3.01. The number of rotatable bonds is 6. The van der Waals surface area contributed by atoms with Crippen LogP contribution in [0.25, 0.3) is 0 Å². The highest BCUT2D eigenvalue weighted by Crippen LogP contribution is 2.26. The van der Waals surface area contributed by atoms with Gasteiger partial charge in [0.25, 0.3) is 0 Å². The third kappa shape index (κ3) is 5.73. The number of carbonyl (C=O) groups excluding carboxylic acids is 1. The van der Waals surface area contributed by atoms with Crippen molar-refractivity contribution in [1.82, 2.24) is 0 Å². The van der Waals surface area contributed by atoms with Gasteiger partial charge in [0.2, 0.25) is 0 Å². The number of anilines is 2. The Kier molecular flexibility index (Phi) is 7.08. The Morgan fingerprint density at radius 1 is 1.11 bits per heavy atom. The summed E-state index contributed by atoms with van der Waals surface area (Å²) in [6, 6.07) is 15.5. The van der Waals surface area contributed by atoms with Crippen LogP contribution in [0.1, 0.15) is 33.3 Å². The number of ether oxygens (including phenoxy) is 1. The van der Waals surface area contributed by atoms with Crippen molar-refractivity contribution in [2.24, 2.45) is 10.5 Å². The molecule has 0 fully saturated rings. The maximum absolute atomic E-state index is 12.1. The zero-order valence-electron chi connectivity index (χ0n) is 17.4. The maximum atomic E-state index is 12.1. The fourth-order valence-electron chi connectivity index (χ4n) is 2.55. The average Bonchev–Trinajstić information content (AvgIpc) is 2.65. The smallest absolute Gasteiger partial charge is 0.312 e. The second kappa shape index (κ2) is 9.11. The first kappa shape index (κ1) is 21.8. The van der Waals surface area contributed by atoms with E-state index in [1.165, 1.54) is 0 Å². The Hall–Kier alpha value is -2.53. The molecule has 0 saturated heterocycles. The predicted molar refractivity (Wildman–Crippen MR) is 117 cm³/mol. The second-order valence-corrected chi connectivity index (χ2v) is 8.15. The van der Waals surface area contributed by atoms with Crippen LogP contribution < -0.4 is 9.91 Å². The molecule has 0 spiro atoms. The monoisotopic (exact) mass is 401 g/mol. The number of nitrogens with zero attached hydrogens (tertiary/aromatic N) is 3. The average molecular weight is 402 g/mol. The van der Waals surface area contributed by atoms with E-state index in [2.05, 4.69) is 0 Å². The Morgan fingerprint density at radius 2 is 1.75 bits per heavy atom. The third-order valence-electron chi connectivity index (χ3n) is 4.19. The highest BCUT2D eigenvalue weighted by molar-refractivity contribution is 6.31. The molecule has 2 aromatic rings. The summed E-state index contributed by atoms with van der Waals surface area (Å²) in [4.78, 5) is 13.9. The minimum Gasteiger partial charge on any atom is -0.444 e. The van der Waals surface area contributed by atoms with Crippen LogP contribution in [0.2, 0.25) is 5.02 Å². The van der Waals surface area contributed by atoms with Gasteiger partial charge in [0.15, 0.2) is 6.73 Å². The fraction of sp³-hybridized carbons (Fsp3) is 0.364. The van der Waals surface area contributed by atoms with E-state index in [0.29, 0.717) is 5.02 Å². The van der Waals surface area contributed by atoms with E-state index < -0.39 is 5.41 Å². The Labute approximate surface area is 172 Å². The van der Waals surface area contributed by atoms with Crippen molar-refractivity contribution in [3.8, 4) is 0 Å². The molecule has 0 unspecified atom stereocenters. The van der Waals surface area contributed by atoms with Crippen LogP contribution in [-0.2, 0) is 9.53 Å². The predicted octanol–water partition coefficient (Wildman–Crippen LogP) is 5.18. The fourth-order valence-corrected chi connectivity index (χ4v) is 2.72. The molecule has 0 atom stereocenters. The summed E-state index contributed by atoms with van der Waals surface area (Å²) in [6.07, 6.45) is 0. The second-order valence-electron chi connectivity index (χ2n) is 7.71. The Bertz CT molecular complexity index is 845. The molecule has 0 aliphatic rings. The zero-order valence-corrected chi connectivity index (χ0v) is 18.1. The van der Waals surface area contributed by atoms with Crippen molar-refractivity contribution in [2.45, 2.75) is 27.7 Å². The molecular weight excluding hydrogens is 374 g/mol. The van der Waals surface area contributed by atoms with Crippen LogP contribution in [0, 0.1) is 5.41 Å². The topological polar surface area (TPSA) is 45.1 Å². The molecule has 5 nitrogen and oxygen atoms in total. The van der Waals surface area contributed by atoms with Crippen molar-refractivity contribution in [1.29, 1.82) is 0 Å². The lowest BCUT2D eigenvalue weighted by molar-refractivity contribution is -0.152. The quantitative estimate of drug-likeness (QED) is 0.289. The number of para-hydroxylation sites is 1. The minimum atomic E-state index is -0.542. The highest BCUT2D eigenvalue weighted by atomic mass is 35.5. The summed E-state index contributed by atoms with van der Waals surface area (Å²) in [7, 11) is 3.77. The molecule has 6 heteroatoms. The van der Waals surface area contributed by atoms with Gasteiger partial charge in [-0.2, -0.15) is 5.10 Å². The van der Waals surface area contributed by atoms with Crippen LogP contribution in [0.3, 0.4) is 0 Å². The van der Waals surface area contributed by atoms with Crippen LogP contribution in [0.15, 0.2) is 53.6 Å². The molecule has 0 bridgehead atoms. The standard InChI is InChI=1S/C22H28ClN3O2/c1-16(24-26(6)18-10-8-7-9-11-18)19-14-17(23)12-13-20(19)25(5)15-28-21(27)22(2,3)4/h7-14H,15H2,1-6H3/b24-16-. The molecular formula is C22H28ClN3O2. The summed E-state index contributed by atoms with van der Waals surface area (Å²) in [6.45, 7) is 7.58. The largest absolute Gasteiger partial charge is 0.444 e. The summed E-state index contributed by atoms with van der Waals surface area (Å²) >= 11 is 6.23. The first-order chi connectivity index (χ1) is 13.1. The van der Waals surface area contributed by atoms with Crippen molar-refractivity contribution in [3.63, 3.8) is 0 Å². The molecule has 2 rings (SSSR count). The van der Waals surface area contributed by atoms with Crippen molar-refractivity contribution in [2.75, 3.05) is 30.7 Å². The third-order valence-corrected chi connectivity index (χ3v) is 4.43. The lowest BCUT2D eigenvalue weighted by atomic mass is 9.97. The van der Waals surface area contributed by atoms with Gasteiger partial charge in [0.1, 0.15) is 0 Å². The van der Waals surface area contributed by atoms with E-state index in [9.17, 15) is 4.79 Å². The van der Waals surface area contributed by atoms with Crippen LogP contribution in [-0.4, -0.2) is 32.5 Å². The number of hydrogen-bond donors (Lipinski definition) is 0. The SMILES string of the molecule is C/C(=N/N(C)c1ccccc1)c1cc(Cl)ccc1N(C)COC(=O)C(C)(C)C. The van der Waals surface area contributed by atoms with Gasteiger partial charge < -0.3 is 9.64 Å². The van der Waals surface area contributed by atoms with E-state index in [0.717, 1.165) is 22.6 Å². The van der Waals surface area contributed by atoms with Gasteiger partial charge in [-0.3, -0.25) is 9.80 Å². The molecule has 2 aromatic carbocycles. The molecule has 28 heavy (non-hydrogen) atoms. The molecule has 0 aromatic heterocycles. The van der Waals surface area contributed by atoms with Crippen LogP contribution >= 0.6 is 11.6 Å². The van der Waals surface area contributed by atoms with Gasteiger partial charge in [-0.1, -0.05) is 29.8 Å². The number of esters is 1. The molecule has 0 N–H and O–H groups in total. The van der Waals surface area contributed by atoms with Gasteiger partial charge in [0, 0.05) is 30.4 Å². The lowest BCUT2D eigenvalue weighted by Gasteiger charge is -2.25. The number of carbonyl (C=O) groups is 1. The van der Waals surface area contributed by atoms with Crippen molar-refractivity contribution >= 4 is 34.7 Å². The molecule has 0 radical (unpaired) electrons. The van der Waals surface area contributed by atoms with Gasteiger partial charge in [-0.15, -0.1) is 0 Å². The van der Waals surface area contributed by atoms with E-state index in [-0.39, 0.29) is 12.7 Å². The Morgan fingerprint density at radius 3 is 2.36 bits per heavy atom. The van der Waals surface area contributed by atoms with E-state index in [4.69, 9.17) is 21.4 Å². The first-order valence-electron chi connectivity index (χ1n) is 9.12. The Balaban J connectivity index is 2.26. The number of benzene rings is 2. The number of halogens is 1. The van der Waals surface area contributed by atoms with Gasteiger partial charge >= 0.3 is 5.97 Å². The molecule has 0 saturated carbocycles. The number of hydrazone groups is 1. The van der Waals surface area contributed by atoms with Crippen molar-refractivity contribution < 1.29 is 9.53 Å². The van der Waals surface area contributed by atoms with Gasteiger partial charge in [-0.05, 0) is 58.0 Å². The van der Waals surface area contributed by atoms with Crippen molar-refractivity contribution in [3.05, 3.63) is 59.1 Å². The van der Waals surface area contributed by atoms with Gasteiger partial charge in [0.05, 0.1) is 16.8 Å². The minimum absolute atomic E-state index is 0.145. The van der Waals surface area contributed by atoms with Crippen LogP contribution in [0.4, 0.5) is 11.4 Å². The normalized spacial score (nSPS) is 11.9. The summed E-state index contributed by atoms with van der Waals surface area (Å²) in [5, 5.41) is 7.13. The summed E-state index contributed by atoms with van der Waals surface area (Å²) in [5.74, 6) is -0.246. The molecule has 150 valence electrons. The highest BCUT2D eigenvalue weighted by Gasteiger charge is 2.23. The molecule has 0 aliphatic carbocycles. The summed E-state index contributed by atoms with van der Waals surface area (Å²) < 4.78 is 5.44. The van der Waals surface area contributed by atoms with E-state index in [1.54, 1.807) is 0 Å². The first-order valence-corrected chi connectivity index (χ1v) is 9.49. The van der Waals surface area contributed by atoms with E-state index >= 15 is 0 Å². The number of hydrogen-bond acceptors (Lipinski definition) is 5. The molecule has 0 amide bonds. The van der Waals surface area contributed by atoms with Crippen LogP contribution in [0.5, 0.6) is 0 Å². The lowest BCUT2D eigenvalue weighted by Crippen LogP contribution is -2.30.